The quantitative estimate of drug-likeness (QED) is 0.338. The average Bonchev–Trinajstić information content (AvgIpc) is 3.46. The van der Waals surface area contributed by atoms with Crippen LogP contribution in [0.15, 0.2) is 53.7 Å². The standard InChI is InChI=1S/C25H22ClFN2O4/c1-2-32-20-10-15(9-19(26)23(20)33-13-14-4-3-5-18(27)8-14)12-28-29-24(30)21-16-6-7-17(11-16)22(21)25(29)31/h3-10,12,16-17,21-22H,2,11,13H2,1H3/t16-,17-,21-,22+/m0/s1. The Morgan fingerprint density at radius 3 is 2.52 bits per heavy atom. The minimum atomic E-state index is -0.349. The molecule has 1 heterocycles. The highest BCUT2D eigenvalue weighted by molar-refractivity contribution is 6.32. The first-order valence-electron chi connectivity index (χ1n) is 10.9. The maximum Gasteiger partial charge on any atom is 0.254 e. The molecular formula is C25H22ClFN2O4. The van der Waals surface area contributed by atoms with Crippen molar-refractivity contribution in [3.63, 3.8) is 0 Å². The molecule has 1 saturated heterocycles. The van der Waals surface area contributed by atoms with Crippen LogP contribution in [-0.2, 0) is 16.2 Å². The third-order valence-corrected chi connectivity index (χ3v) is 6.65. The zero-order valence-corrected chi connectivity index (χ0v) is 18.7. The molecule has 2 aromatic rings. The second-order valence-corrected chi connectivity index (χ2v) is 8.82. The van der Waals surface area contributed by atoms with Crippen molar-refractivity contribution in [2.75, 3.05) is 6.61 Å². The van der Waals surface area contributed by atoms with Gasteiger partial charge in [-0.2, -0.15) is 10.1 Å². The van der Waals surface area contributed by atoms with E-state index in [9.17, 15) is 14.0 Å². The number of rotatable bonds is 7. The molecule has 2 aromatic carbocycles. The van der Waals surface area contributed by atoms with Crippen molar-refractivity contribution in [3.8, 4) is 11.5 Å². The van der Waals surface area contributed by atoms with Gasteiger partial charge in [0.05, 0.1) is 29.7 Å². The van der Waals surface area contributed by atoms with Crippen LogP contribution in [0.3, 0.4) is 0 Å². The van der Waals surface area contributed by atoms with Crippen LogP contribution in [0.4, 0.5) is 4.39 Å². The topological polar surface area (TPSA) is 68.2 Å². The Labute approximate surface area is 195 Å². The third kappa shape index (κ3) is 3.91. The number of ether oxygens (including phenoxy) is 2. The number of hydrogen-bond donors (Lipinski definition) is 0. The molecule has 0 N–H and O–H groups in total. The number of carbonyl (C=O) groups is 2. The van der Waals surface area contributed by atoms with Gasteiger partial charge in [-0.05, 0) is 60.6 Å². The average molecular weight is 469 g/mol. The molecule has 2 bridgehead atoms. The normalized spacial score (nSPS) is 25.4. The number of hydrogen-bond acceptors (Lipinski definition) is 5. The predicted octanol–water partition coefficient (Wildman–Crippen LogP) is 4.60. The fourth-order valence-corrected chi connectivity index (χ4v) is 5.25. The van der Waals surface area contributed by atoms with E-state index in [0.29, 0.717) is 29.2 Å². The summed E-state index contributed by atoms with van der Waals surface area (Å²) in [4.78, 5) is 25.6. The van der Waals surface area contributed by atoms with E-state index in [1.807, 2.05) is 19.1 Å². The summed E-state index contributed by atoms with van der Waals surface area (Å²) in [5.74, 6) is -0.468. The Kier molecular flexibility index (Phi) is 5.66. The van der Waals surface area contributed by atoms with Crippen LogP contribution in [-0.4, -0.2) is 29.6 Å². The Balaban J connectivity index is 1.35. The second-order valence-electron chi connectivity index (χ2n) is 8.41. The van der Waals surface area contributed by atoms with Crippen LogP contribution in [0.2, 0.25) is 5.02 Å². The SMILES string of the molecule is CCOc1cc(C=NN2C(=O)[C@@H]3[C@H](C2=O)[C@H]2C=C[C@H]3C2)cc(Cl)c1OCc1cccc(F)c1. The lowest BCUT2D eigenvalue weighted by Gasteiger charge is -2.15. The minimum Gasteiger partial charge on any atom is -0.490 e. The number of hydrazone groups is 1. The van der Waals surface area contributed by atoms with Gasteiger partial charge in [-0.3, -0.25) is 9.59 Å². The lowest BCUT2D eigenvalue weighted by molar-refractivity contribution is -0.140. The molecule has 2 amide bonds. The molecule has 33 heavy (non-hydrogen) atoms. The van der Waals surface area contributed by atoms with Crippen molar-refractivity contribution in [1.29, 1.82) is 0 Å². The summed E-state index contributed by atoms with van der Waals surface area (Å²) in [6, 6.07) is 9.40. The first kappa shape index (κ1) is 21.6. The van der Waals surface area contributed by atoms with Crippen molar-refractivity contribution in [3.05, 3.63) is 70.5 Å². The highest BCUT2D eigenvalue weighted by atomic mass is 35.5. The van der Waals surface area contributed by atoms with Gasteiger partial charge in [-0.1, -0.05) is 35.9 Å². The highest BCUT2D eigenvalue weighted by Gasteiger charge is 2.59. The number of imide groups is 1. The molecule has 2 aliphatic carbocycles. The van der Waals surface area contributed by atoms with Crippen LogP contribution in [0, 0.1) is 29.5 Å². The molecule has 5 rings (SSSR count). The smallest absolute Gasteiger partial charge is 0.254 e. The molecular weight excluding hydrogens is 447 g/mol. The van der Waals surface area contributed by atoms with E-state index < -0.39 is 0 Å². The van der Waals surface area contributed by atoms with Gasteiger partial charge in [-0.25, -0.2) is 4.39 Å². The molecule has 0 spiro atoms. The number of amides is 2. The summed E-state index contributed by atoms with van der Waals surface area (Å²) < 4.78 is 24.9. The Bertz CT molecular complexity index is 1150. The van der Waals surface area contributed by atoms with Crippen molar-refractivity contribution in [2.24, 2.45) is 28.8 Å². The molecule has 3 aliphatic rings. The van der Waals surface area contributed by atoms with Crippen LogP contribution >= 0.6 is 11.6 Å². The maximum absolute atomic E-state index is 13.4. The number of nitrogens with zero attached hydrogens (tertiary/aromatic N) is 2. The van der Waals surface area contributed by atoms with Gasteiger partial charge in [0, 0.05) is 0 Å². The fraction of sp³-hybridized carbons (Fsp3) is 0.320. The Hall–Kier alpha value is -3.19. The molecule has 0 aromatic heterocycles. The maximum atomic E-state index is 13.4. The monoisotopic (exact) mass is 468 g/mol. The van der Waals surface area contributed by atoms with Gasteiger partial charge in [0.2, 0.25) is 0 Å². The molecule has 0 radical (unpaired) electrons. The molecule has 170 valence electrons. The lowest BCUT2D eigenvalue weighted by Crippen LogP contribution is -2.28. The van der Waals surface area contributed by atoms with Gasteiger partial charge in [0.15, 0.2) is 11.5 Å². The zero-order valence-electron chi connectivity index (χ0n) is 17.9. The second kappa shape index (κ2) is 8.63. The summed E-state index contributed by atoms with van der Waals surface area (Å²) in [6.07, 6.45) is 6.38. The van der Waals surface area contributed by atoms with Gasteiger partial charge in [0.25, 0.3) is 11.8 Å². The molecule has 2 fully saturated rings. The molecule has 1 saturated carbocycles. The van der Waals surface area contributed by atoms with E-state index in [4.69, 9.17) is 21.1 Å². The summed E-state index contributed by atoms with van der Waals surface area (Å²) in [5, 5.41) is 5.46. The molecule has 4 atom stereocenters. The summed E-state index contributed by atoms with van der Waals surface area (Å²) in [5.41, 5.74) is 1.21. The number of carbonyl (C=O) groups excluding carboxylic acids is 2. The van der Waals surface area contributed by atoms with Gasteiger partial charge < -0.3 is 9.47 Å². The summed E-state index contributed by atoms with van der Waals surface area (Å²) >= 11 is 6.45. The van der Waals surface area contributed by atoms with Crippen LogP contribution in [0.5, 0.6) is 11.5 Å². The van der Waals surface area contributed by atoms with Crippen LogP contribution in [0.25, 0.3) is 0 Å². The van der Waals surface area contributed by atoms with E-state index >= 15 is 0 Å². The number of allylic oxidation sites excluding steroid dienone is 2. The first-order valence-corrected chi connectivity index (χ1v) is 11.3. The zero-order chi connectivity index (χ0) is 23.1. The summed E-state index contributed by atoms with van der Waals surface area (Å²) in [7, 11) is 0. The van der Waals surface area contributed by atoms with E-state index in [2.05, 4.69) is 5.10 Å². The Morgan fingerprint density at radius 1 is 1.12 bits per heavy atom. The Morgan fingerprint density at radius 2 is 1.85 bits per heavy atom. The molecule has 8 heteroatoms. The van der Waals surface area contributed by atoms with Crippen molar-refractivity contribution < 1.29 is 23.5 Å². The number of halogens is 2. The van der Waals surface area contributed by atoms with Crippen molar-refractivity contribution in [1.82, 2.24) is 5.01 Å². The molecule has 0 unspecified atom stereocenters. The largest absolute Gasteiger partial charge is 0.490 e. The fourth-order valence-electron chi connectivity index (χ4n) is 4.97. The van der Waals surface area contributed by atoms with Crippen LogP contribution < -0.4 is 9.47 Å². The minimum absolute atomic E-state index is 0.112. The highest BCUT2D eigenvalue weighted by Crippen LogP contribution is 2.52. The molecule has 1 aliphatic heterocycles. The van der Waals surface area contributed by atoms with Gasteiger partial charge in [-0.15, -0.1) is 0 Å². The van der Waals surface area contributed by atoms with E-state index in [-0.39, 0.29) is 52.9 Å². The van der Waals surface area contributed by atoms with E-state index in [1.165, 1.54) is 18.3 Å². The number of fused-ring (bicyclic) bond motifs is 5. The number of benzene rings is 2. The van der Waals surface area contributed by atoms with Gasteiger partial charge in [0.1, 0.15) is 12.4 Å². The lowest BCUT2D eigenvalue weighted by atomic mass is 9.85. The third-order valence-electron chi connectivity index (χ3n) is 6.37. The summed E-state index contributed by atoms with van der Waals surface area (Å²) in [6.45, 7) is 2.31. The van der Waals surface area contributed by atoms with E-state index in [0.717, 1.165) is 11.4 Å². The van der Waals surface area contributed by atoms with E-state index in [1.54, 1.807) is 24.3 Å². The van der Waals surface area contributed by atoms with Crippen molar-refractivity contribution in [2.45, 2.75) is 20.0 Å². The molecule has 6 nitrogen and oxygen atoms in total. The first-order chi connectivity index (χ1) is 16.0. The van der Waals surface area contributed by atoms with Gasteiger partial charge >= 0.3 is 0 Å². The van der Waals surface area contributed by atoms with Crippen molar-refractivity contribution >= 4 is 29.6 Å². The van der Waals surface area contributed by atoms with Crippen LogP contribution in [0.1, 0.15) is 24.5 Å². The predicted molar refractivity (Wildman–Crippen MR) is 121 cm³/mol.